The van der Waals surface area contributed by atoms with E-state index in [1.807, 2.05) is 12.1 Å². The van der Waals surface area contributed by atoms with E-state index >= 15 is 0 Å². The smallest absolute Gasteiger partial charge is 0.107 e. The highest BCUT2D eigenvalue weighted by molar-refractivity contribution is 5.45. The SMILES string of the molecule is FCCNc1ccc(C2CCCNC2)cc1. The van der Waals surface area contributed by atoms with Crippen molar-refractivity contribution in [3.63, 3.8) is 0 Å². The molecule has 1 fully saturated rings. The van der Waals surface area contributed by atoms with Crippen LogP contribution in [0.2, 0.25) is 0 Å². The van der Waals surface area contributed by atoms with Crippen LogP contribution in [0.3, 0.4) is 0 Å². The standard InChI is InChI=1S/C13H19FN2/c14-7-9-16-13-5-3-11(4-6-13)12-2-1-8-15-10-12/h3-6,12,15-16H,1-2,7-10H2. The molecule has 0 spiro atoms. The van der Waals surface area contributed by atoms with Gasteiger partial charge in [0.15, 0.2) is 0 Å². The van der Waals surface area contributed by atoms with E-state index in [0.717, 1.165) is 18.8 Å². The van der Waals surface area contributed by atoms with Gasteiger partial charge in [-0.1, -0.05) is 12.1 Å². The molecule has 1 aliphatic rings. The highest BCUT2D eigenvalue weighted by atomic mass is 19.1. The fraction of sp³-hybridized carbons (Fsp3) is 0.538. The lowest BCUT2D eigenvalue weighted by molar-refractivity contribution is 0.461. The summed E-state index contributed by atoms with van der Waals surface area (Å²) in [5.74, 6) is 0.643. The number of benzene rings is 1. The maximum atomic E-state index is 12.0. The summed E-state index contributed by atoms with van der Waals surface area (Å²) in [7, 11) is 0. The minimum Gasteiger partial charge on any atom is -0.382 e. The lowest BCUT2D eigenvalue weighted by atomic mass is 9.92. The number of anilines is 1. The highest BCUT2D eigenvalue weighted by Crippen LogP contribution is 2.24. The molecule has 2 N–H and O–H groups in total. The van der Waals surface area contributed by atoms with E-state index in [0.29, 0.717) is 12.5 Å². The van der Waals surface area contributed by atoms with E-state index in [9.17, 15) is 4.39 Å². The molecule has 0 aliphatic carbocycles. The summed E-state index contributed by atoms with van der Waals surface area (Å²) in [6.45, 7) is 2.29. The van der Waals surface area contributed by atoms with Gasteiger partial charge in [-0.2, -0.15) is 0 Å². The monoisotopic (exact) mass is 222 g/mol. The molecule has 1 heterocycles. The van der Waals surface area contributed by atoms with Crippen LogP contribution in [-0.4, -0.2) is 26.3 Å². The van der Waals surface area contributed by atoms with Gasteiger partial charge in [-0.05, 0) is 43.0 Å². The summed E-state index contributed by atoms with van der Waals surface area (Å²) >= 11 is 0. The largest absolute Gasteiger partial charge is 0.382 e. The van der Waals surface area contributed by atoms with E-state index in [1.54, 1.807) is 0 Å². The van der Waals surface area contributed by atoms with Crippen LogP contribution in [0.5, 0.6) is 0 Å². The average Bonchev–Trinajstić information content (AvgIpc) is 2.38. The van der Waals surface area contributed by atoms with E-state index in [4.69, 9.17) is 0 Å². The van der Waals surface area contributed by atoms with Crippen molar-refractivity contribution in [3.05, 3.63) is 29.8 Å². The topological polar surface area (TPSA) is 24.1 Å². The van der Waals surface area contributed by atoms with Gasteiger partial charge in [-0.15, -0.1) is 0 Å². The van der Waals surface area contributed by atoms with Crippen LogP contribution in [0.25, 0.3) is 0 Å². The normalized spacial score (nSPS) is 20.7. The van der Waals surface area contributed by atoms with Gasteiger partial charge in [-0.3, -0.25) is 0 Å². The molecule has 3 heteroatoms. The molecule has 0 saturated carbocycles. The maximum absolute atomic E-state index is 12.0. The van der Waals surface area contributed by atoms with Crippen LogP contribution in [0, 0.1) is 0 Å². The lowest BCUT2D eigenvalue weighted by Crippen LogP contribution is -2.28. The molecular weight excluding hydrogens is 203 g/mol. The van der Waals surface area contributed by atoms with E-state index in [-0.39, 0.29) is 6.67 Å². The summed E-state index contributed by atoms with van der Waals surface area (Å²) in [5.41, 5.74) is 2.39. The Bertz CT molecular complexity index is 304. The van der Waals surface area contributed by atoms with Gasteiger partial charge in [0.05, 0.1) is 0 Å². The van der Waals surface area contributed by atoms with Crippen LogP contribution in [-0.2, 0) is 0 Å². The Morgan fingerprint density at radius 3 is 2.75 bits per heavy atom. The molecule has 1 aromatic carbocycles. The van der Waals surface area contributed by atoms with Crippen LogP contribution >= 0.6 is 0 Å². The zero-order valence-electron chi connectivity index (χ0n) is 9.51. The third-order valence-electron chi connectivity index (χ3n) is 3.10. The van der Waals surface area contributed by atoms with Crippen molar-refractivity contribution in [2.45, 2.75) is 18.8 Å². The molecule has 16 heavy (non-hydrogen) atoms. The Morgan fingerprint density at radius 2 is 2.12 bits per heavy atom. The van der Waals surface area contributed by atoms with E-state index in [2.05, 4.69) is 22.8 Å². The lowest BCUT2D eigenvalue weighted by Gasteiger charge is -2.23. The first-order valence-corrected chi connectivity index (χ1v) is 6.00. The number of nitrogens with one attached hydrogen (secondary N) is 2. The van der Waals surface area contributed by atoms with Gasteiger partial charge >= 0.3 is 0 Å². The molecule has 1 aromatic rings. The second-order valence-corrected chi connectivity index (χ2v) is 4.28. The van der Waals surface area contributed by atoms with Gasteiger partial charge in [0.2, 0.25) is 0 Å². The molecule has 0 radical (unpaired) electrons. The number of hydrogen-bond acceptors (Lipinski definition) is 2. The third kappa shape index (κ3) is 2.95. The highest BCUT2D eigenvalue weighted by Gasteiger charge is 2.14. The van der Waals surface area contributed by atoms with Crippen molar-refractivity contribution in [2.24, 2.45) is 0 Å². The molecular formula is C13H19FN2. The van der Waals surface area contributed by atoms with Gasteiger partial charge < -0.3 is 10.6 Å². The predicted molar refractivity (Wildman–Crippen MR) is 65.8 cm³/mol. The van der Waals surface area contributed by atoms with Crippen LogP contribution in [0.4, 0.5) is 10.1 Å². The Balaban J connectivity index is 1.95. The van der Waals surface area contributed by atoms with Crippen molar-refractivity contribution in [1.29, 1.82) is 0 Å². The Kier molecular flexibility index (Phi) is 4.17. The predicted octanol–water partition coefficient (Wildman–Crippen LogP) is 2.54. The van der Waals surface area contributed by atoms with Gasteiger partial charge in [-0.25, -0.2) is 4.39 Å². The second kappa shape index (κ2) is 5.85. The Labute approximate surface area is 96.2 Å². The summed E-state index contributed by atoms with van der Waals surface area (Å²) < 4.78 is 12.0. The summed E-state index contributed by atoms with van der Waals surface area (Å²) in [5, 5.41) is 6.45. The molecule has 0 aromatic heterocycles. The number of piperidine rings is 1. The average molecular weight is 222 g/mol. The van der Waals surface area contributed by atoms with Crippen molar-refractivity contribution in [1.82, 2.24) is 5.32 Å². The minimum atomic E-state index is -0.325. The first-order chi connectivity index (χ1) is 7.90. The zero-order chi connectivity index (χ0) is 11.2. The van der Waals surface area contributed by atoms with Gasteiger partial charge in [0.25, 0.3) is 0 Å². The van der Waals surface area contributed by atoms with E-state index in [1.165, 1.54) is 18.4 Å². The van der Waals surface area contributed by atoms with Crippen LogP contribution in [0.1, 0.15) is 24.3 Å². The number of hydrogen-bond donors (Lipinski definition) is 2. The summed E-state index contributed by atoms with van der Waals surface area (Å²) in [4.78, 5) is 0. The van der Waals surface area contributed by atoms with Crippen LogP contribution in [0.15, 0.2) is 24.3 Å². The minimum absolute atomic E-state index is 0.325. The fourth-order valence-electron chi connectivity index (χ4n) is 2.20. The molecule has 1 atom stereocenters. The van der Waals surface area contributed by atoms with Crippen molar-refractivity contribution < 1.29 is 4.39 Å². The molecule has 0 amide bonds. The van der Waals surface area contributed by atoms with Crippen LogP contribution < -0.4 is 10.6 Å². The van der Waals surface area contributed by atoms with Gasteiger partial charge in [0.1, 0.15) is 6.67 Å². The van der Waals surface area contributed by atoms with Crippen molar-refractivity contribution in [3.8, 4) is 0 Å². The molecule has 1 saturated heterocycles. The van der Waals surface area contributed by atoms with Crippen molar-refractivity contribution >= 4 is 5.69 Å². The fourth-order valence-corrected chi connectivity index (χ4v) is 2.20. The zero-order valence-corrected chi connectivity index (χ0v) is 9.51. The van der Waals surface area contributed by atoms with Gasteiger partial charge in [0, 0.05) is 18.8 Å². The third-order valence-corrected chi connectivity index (χ3v) is 3.10. The number of halogens is 1. The van der Waals surface area contributed by atoms with E-state index < -0.39 is 0 Å². The molecule has 1 aliphatic heterocycles. The quantitative estimate of drug-likeness (QED) is 0.818. The molecule has 1 unspecified atom stereocenters. The Morgan fingerprint density at radius 1 is 1.31 bits per heavy atom. The molecule has 0 bridgehead atoms. The number of alkyl halides is 1. The van der Waals surface area contributed by atoms with Crippen molar-refractivity contribution in [2.75, 3.05) is 31.6 Å². The first kappa shape index (κ1) is 11.4. The maximum Gasteiger partial charge on any atom is 0.107 e. The summed E-state index contributed by atoms with van der Waals surface area (Å²) in [6, 6.07) is 8.38. The number of rotatable bonds is 4. The molecule has 2 rings (SSSR count). The summed E-state index contributed by atoms with van der Waals surface area (Å²) in [6.07, 6.45) is 2.52. The Hall–Kier alpha value is -1.09. The first-order valence-electron chi connectivity index (χ1n) is 6.00. The molecule has 88 valence electrons. The molecule has 2 nitrogen and oxygen atoms in total. The second-order valence-electron chi connectivity index (χ2n) is 4.28.